The Kier molecular flexibility index (Phi) is 5.08. The van der Waals surface area contributed by atoms with Crippen molar-refractivity contribution in [3.63, 3.8) is 0 Å². The topological polar surface area (TPSA) is 64.1 Å². The number of hydrogen-bond acceptors (Lipinski definition) is 5. The van der Waals surface area contributed by atoms with Gasteiger partial charge in [0.2, 0.25) is 5.13 Å². The minimum atomic E-state index is -0.255. The van der Waals surface area contributed by atoms with Crippen molar-refractivity contribution in [2.45, 2.75) is 13.5 Å². The molecule has 3 aromatic rings. The third-order valence-corrected chi connectivity index (χ3v) is 4.30. The first-order valence-electron chi connectivity index (χ1n) is 7.19. The van der Waals surface area contributed by atoms with Crippen LogP contribution in [0.25, 0.3) is 0 Å². The van der Waals surface area contributed by atoms with Crippen molar-refractivity contribution >= 4 is 34.0 Å². The highest BCUT2D eigenvalue weighted by Gasteiger charge is 2.11. The van der Waals surface area contributed by atoms with E-state index in [0.29, 0.717) is 27.3 Å². The Labute approximate surface area is 148 Å². The first-order chi connectivity index (χ1) is 11.6. The molecule has 1 amide bonds. The molecule has 2 aromatic carbocycles. The summed E-state index contributed by atoms with van der Waals surface area (Å²) < 4.78 is 5.72. The molecule has 0 aliphatic rings. The molecule has 1 N–H and O–H groups in total. The molecule has 0 saturated carbocycles. The molecular formula is C17H14ClN3O2S. The molecule has 0 unspecified atom stereocenters. The van der Waals surface area contributed by atoms with Crippen molar-refractivity contribution in [1.29, 1.82) is 0 Å². The van der Waals surface area contributed by atoms with Gasteiger partial charge in [-0.05, 0) is 42.8 Å². The highest BCUT2D eigenvalue weighted by Crippen LogP contribution is 2.21. The van der Waals surface area contributed by atoms with Crippen LogP contribution >= 0.6 is 22.9 Å². The number of amides is 1. The molecule has 1 heterocycles. The lowest BCUT2D eigenvalue weighted by Gasteiger charge is -2.06. The fraction of sp³-hybridized carbons (Fsp3) is 0.118. The van der Waals surface area contributed by atoms with Crippen molar-refractivity contribution < 1.29 is 9.53 Å². The molecule has 0 saturated heterocycles. The second kappa shape index (κ2) is 7.42. The summed E-state index contributed by atoms with van der Waals surface area (Å²) in [5.41, 5.74) is 1.56. The lowest BCUT2D eigenvalue weighted by atomic mass is 10.2. The summed E-state index contributed by atoms with van der Waals surface area (Å²) in [4.78, 5) is 12.1. The maximum Gasteiger partial charge on any atom is 0.257 e. The molecule has 0 aliphatic carbocycles. The normalized spacial score (nSPS) is 10.4. The third kappa shape index (κ3) is 4.10. The zero-order valence-corrected chi connectivity index (χ0v) is 14.4. The van der Waals surface area contributed by atoms with E-state index >= 15 is 0 Å². The maximum atomic E-state index is 12.1. The molecule has 0 aliphatic heterocycles. The molecular weight excluding hydrogens is 346 g/mol. The van der Waals surface area contributed by atoms with Gasteiger partial charge < -0.3 is 4.74 Å². The van der Waals surface area contributed by atoms with Gasteiger partial charge in [0.25, 0.3) is 5.91 Å². The summed E-state index contributed by atoms with van der Waals surface area (Å²) in [5.74, 6) is 0.550. The largest absolute Gasteiger partial charge is 0.486 e. The first-order valence-corrected chi connectivity index (χ1v) is 8.39. The fourth-order valence-electron chi connectivity index (χ4n) is 1.99. The van der Waals surface area contributed by atoms with Gasteiger partial charge in [-0.25, -0.2) is 0 Å². The van der Waals surface area contributed by atoms with Gasteiger partial charge >= 0.3 is 0 Å². The lowest BCUT2D eigenvalue weighted by Crippen LogP contribution is -2.11. The molecule has 7 heteroatoms. The minimum absolute atomic E-state index is 0.255. The number of anilines is 1. The Bertz CT molecular complexity index is 849. The summed E-state index contributed by atoms with van der Waals surface area (Å²) in [5, 5.41) is 12.4. The van der Waals surface area contributed by atoms with E-state index in [-0.39, 0.29) is 5.91 Å². The van der Waals surface area contributed by atoms with Crippen LogP contribution in [0.5, 0.6) is 5.75 Å². The average Bonchev–Trinajstić information content (AvgIpc) is 3.02. The third-order valence-electron chi connectivity index (χ3n) is 3.24. The number of halogens is 1. The van der Waals surface area contributed by atoms with Crippen LogP contribution in [0.3, 0.4) is 0 Å². The van der Waals surface area contributed by atoms with Gasteiger partial charge in [0, 0.05) is 10.6 Å². The number of rotatable bonds is 5. The van der Waals surface area contributed by atoms with E-state index in [0.717, 1.165) is 11.3 Å². The lowest BCUT2D eigenvalue weighted by molar-refractivity contribution is 0.102. The van der Waals surface area contributed by atoms with Crippen LogP contribution in [-0.4, -0.2) is 16.1 Å². The predicted molar refractivity (Wildman–Crippen MR) is 94.8 cm³/mol. The van der Waals surface area contributed by atoms with E-state index in [2.05, 4.69) is 15.5 Å². The van der Waals surface area contributed by atoms with Crippen LogP contribution in [0.1, 0.15) is 20.9 Å². The van der Waals surface area contributed by atoms with Gasteiger partial charge in [0.05, 0.1) is 0 Å². The number of hydrogen-bond donors (Lipinski definition) is 1. The fourth-order valence-corrected chi connectivity index (χ4v) is 2.76. The van der Waals surface area contributed by atoms with Crippen molar-refractivity contribution in [1.82, 2.24) is 10.2 Å². The zero-order valence-electron chi connectivity index (χ0n) is 12.8. The van der Waals surface area contributed by atoms with Crippen molar-refractivity contribution in [2.24, 2.45) is 0 Å². The molecule has 1 aromatic heterocycles. The van der Waals surface area contributed by atoms with E-state index in [9.17, 15) is 4.79 Å². The second-order valence-electron chi connectivity index (χ2n) is 5.02. The van der Waals surface area contributed by atoms with E-state index in [1.165, 1.54) is 11.3 Å². The number of benzene rings is 2. The Hall–Kier alpha value is -2.44. The number of nitrogens with one attached hydrogen (secondary N) is 1. The number of carbonyl (C=O) groups excluding carboxylic acids is 1. The Balaban J connectivity index is 1.60. The van der Waals surface area contributed by atoms with Crippen LogP contribution in [0, 0.1) is 6.92 Å². The van der Waals surface area contributed by atoms with Crippen LogP contribution in [0.4, 0.5) is 5.13 Å². The average molecular weight is 360 g/mol. The number of aryl methyl sites for hydroxylation is 1. The number of carbonyl (C=O) groups is 1. The summed E-state index contributed by atoms with van der Waals surface area (Å²) in [6, 6.07) is 14.4. The number of para-hydroxylation sites is 1. The molecule has 0 bridgehead atoms. The molecule has 5 nitrogen and oxygen atoms in total. The smallest absolute Gasteiger partial charge is 0.257 e. The van der Waals surface area contributed by atoms with E-state index in [4.69, 9.17) is 16.3 Å². The molecule has 0 fully saturated rings. The van der Waals surface area contributed by atoms with Crippen molar-refractivity contribution in [3.8, 4) is 5.75 Å². The Morgan fingerprint density at radius 1 is 1.17 bits per heavy atom. The van der Waals surface area contributed by atoms with Gasteiger partial charge in [-0.1, -0.05) is 41.1 Å². The van der Waals surface area contributed by atoms with E-state index in [1.807, 2.05) is 31.2 Å². The number of ether oxygens (including phenoxy) is 1. The highest BCUT2D eigenvalue weighted by atomic mass is 35.5. The standard InChI is InChI=1S/C17H14ClN3O2S/c1-11-4-2-3-5-14(11)23-10-15-20-21-17(24-15)19-16(22)12-6-8-13(18)9-7-12/h2-9H,10H2,1H3,(H,19,21,22). The van der Waals surface area contributed by atoms with Crippen LogP contribution in [-0.2, 0) is 6.61 Å². The van der Waals surface area contributed by atoms with Crippen molar-refractivity contribution in [3.05, 3.63) is 69.7 Å². The summed E-state index contributed by atoms with van der Waals surface area (Å²) in [6.07, 6.45) is 0. The van der Waals surface area contributed by atoms with Gasteiger partial charge in [0.15, 0.2) is 5.01 Å². The molecule has 122 valence electrons. The molecule has 3 rings (SSSR count). The van der Waals surface area contributed by atoms with Gasteiger partial charge in [0.1, 0.15) is 12.4 Å². The monoisotopic (exact) mass is 359 g/mol. The van der Waals surface area contributed by atoms with Crippen molar-refractivity contribution in [2.75, 3.05) is 5.32 Å². The van der Waals surface area contributed by atoms with Gasteiger partial charge in [-0.2, -0.15) is 0 Å². The maximum absolute atomic E-state index is 12.1. The van der Waals surface area contributed by atoms with Crippen LogP contribution in [0.15, 0.2) is 48.5 Å². The van der Waals surface area contributed by atoms with E-state index < -0.39 is 0 Å². The van der Waals surface area contributed by atoms with Gasteiger partial charge in [-0.15, -0.1) is 10.2 Å². The molecule has 0 atom stereocenters. The van der Waals surface area contributed by atoms with Crippen LogP contribution < -0.4 is 10.1 Å². The van der Waals surface area contributed by atoms with Crippen LogP contribution in [0.2, 0.25) is 5.02 Å². The second-order valence-corrected chi connectivity index (χ2v) is 6.51. The predicted octanol–water partition coefficient (Wildman–Crippen LogP) is 4.33. The highest BCUT2D eigenvalue weighted by molar-refractivity contribution is 7.15. The summed E-state index contributed by atoms with van der Waals surface area (Å²) in [7, 11) is 0. The zero-order chi connectivity index (χ0) is 16.9. The Morgan fingerprint density at radius 2 is 1.92 bits per heavy atom. The minimum Gasteiger partial charge on any atom is -0.486 e. The SMILES string of the molecule is Cc1ccccc1OCc1nnc(NC(=O)c2ccc(Cl)cc2)s1. The quantitative estimate of drug-likeness (QED) is 0.736. The first kappa shape index (κ1) is 16.4. The summed E-state index contributed by atoms with van der Waals surface area (Å²) >= 11 is 7.09. The number of aromatic nitrogens is 2. The molecule has 0 spiro atoms. The Morgan fingerprint density at radius 3 is 2.67 bits per heavy atom. The summed E-state index contributed by atoms with van der Waals surface area (Å²) in [6.45, 7) is 2.28. The van der Waals surface area contributed by atoms with E-state index in [1.54, 1.807) is 24.3 Å². The number of nitrogens with zero attached hydrogens (tertiary/aromatic N) is 2. The molecule has 0 radical (unpaired) electrons. The molecule has 24 heavy (non-hydrogen) atoms. The van der Waals surface area contributed by atoms with Gasteiger partial charge in [-0.3, -0.25) is 10.1 Å².